The fourth-order valence-electron chi connectivity index (χ4n) is 2.47. The molecule has 1 unspecified atom stereocenters. The molecule has 1 N–H and O–H groups in total. The van der Waals surface area contributed by atoms with Gasteiger partial charge in [-0.25, -0.2) is 0 Å². The molecule has 1 aliphatic rings. The van der Waals surface area contributed by atoms with Crippen LogP contribution in [0.4, 0.5) is 0 Å². The van der Waals surface area contributed by atoms with Gasteiger partial charge < -0.3 is 9.88 Å². The van der Waals surface area contributed by atoms with Crippen LogP contribution in [-0.4, -0.2) is 26.3 Å². The highest BCUT2D eigenvalue weighted by molar-refractivity contribution is 5.54. The Morgan fingerprint density at radius 1 is 1.33 bits per heavy atom. The predicted octanol–water partition coefficient (Wildman–Crippen LogP) is 1.78. The zero-order chi connectivity index (χ0) is 12.4. The summed E-state index contributed by atoms with van der Waals surface area (Å²) in [4.78, 5) is 4.04. The van der Waals surface area contributed by atoms with Crippen molar-refractivity contribution in [1.82, 2.24) is 25.1 Å². The minimum atomic E-state index is 0.340. The van der Waals surface area contributed by atoms with Crippen molar-refractivity contribution in [3.05, 3.63) is 30.4 Å². The van der Waals surface area contributed by atoms with Crippen molar-refractivity contribution < 1.29 is 0 Å². The average Bonchev–Trinajstić information content (AvgIpc) is 2.85. The maximum atomic E-state index is 4.36. The second-order valence-electron chi connectivity index (χ2n) is 4.56. The molecule has 0 saturated carbocycles. The van der Waals surface area contributed by atoms with Crippen molar-refractivity contribution in [3.8, 4) is 11.4 Å². The molecule has 0 spiro atoms. The van der Waals surface area contributed by atoms with E-state index in [0.717, 1.165) is 43.1 Å². The molecule has 5 nitrogen and oxygen atoms in total. The minimum absolute atomic E-state index is 0.340. The van der Waals surface area contributed by atoms with Gasteiger partial charge in [0.2, 0.25) is 0 Å². The lowest BCUT2D eigenvalue weighted by Gasteiger charge is -2.24. The van der Waals surface area contributed by atoms with E-state index in [9.17, 15) is 0 Å². The van der Waals surface area contributed by atoms with E-state index in [1.807, 2.05) is 12.1 Å². The Bertz CT molecular complexity index is 519. The van der Waals surface area contributed by atoms with E-state index in [1.165, 1.54) is 0 Å². The first kappa shape index (κ1) is 11.3. The van der Waals surface area contributed by atoms with Gasteiger partial charge in [-0.2, -0.15) is 0 Å². The third-order valence-electron chi connectivity index (χ3n) is 3.33. The van der Waals surface area contributed by atoms with Gasteiger partial charge in [-0.05, 0) is 18.6 Å². The molecule has 3 rings (SSSR count). The molecule has 0 amide bonds. The van der Waals surface area contributed by atoms with Crippen LogP contribution in [0.15, 0.2) is 24.5 Å². The van der Waals surface area contributed by atoms with Crippen molar-refractivity contribution in [1.29, 1.82) is 0 Å². The first-order valence-electron chi connectivity index (χ1n) is 6.47. The molecule has 0 radical (unpaired) electrons. The number of fused-ring (bicyclic) bond motifs is 1. The number of aromatic nitrogens is 4. The molecule has 5 heteroatoms. The molecule has 1 atom stereocenters. The van der Waals surface area contributed by atoms with Crippen LogP contribution in [-0.2, 0) is 6.54 Å². The molecule has 18 heavy (non-hydrogen) atoms. The second-order valence-corrected chi connectivity index (χ2v) is 4.56. The molecule has 0 aliphatic carbocycles. The SMILES string of the molecule is CCCC1NCCn2c(-c3ccncc3)nnc21. The molecule has 2 aromatic rings. The molecule has 94 valence electrons. The van der Waals surface area contributed by atoms with Gasteiger partial charge in [-0.1, -0.05) is 13.3 Å². The number of pyridine rings is 1. The summed E-state index contributed by atoms with van der Waals surface area (Å²) in [5.41, 5.74) is 1.08. The van der Waals surface area contributed by atoms with Crippen molar-refractivity contribution in [2.45, 2.75) is 32.4 Å². The summed E-state index contributed by atoms with van der Waals surface area (Å²) < 4.78 is 2.23. The Morgan fingerprint density at radius 3 is 2.94 bits per heavy atom. The molecule has 0 aromatic carbocycles. The lowest BCUT2D eigenvalue weighted by atomic mass is 10.1. The Morgan fingerprint density at radius 2 is 2.17 bits per heavy atom. The quantitative estimate of drug-likeness (QED) is 0.893. The summed E-state index contributed by atoms with van der Waals surface area (Å²) in [6.07, 6.45) is 5.84. The largest absolute Gasteiger partial charge is 0.308 e. The number of hydrogen-bond donors (Lipinski definition) is 1. The van der Waals surface area contributed by atoms with Crippen molar-refractivity contribution in [3.63, 3.8) is 0 Å². The fourth-order valence-corrected chi connectivity index (χ4v) is 2.47. The Hall–Kier alpha value is -1.75. The van der Waals surface area contributed by atoms with E-state index >= 15 is 0 Å². The summed E-state index contributed by atoms with van der Waals surface area (Å²) in [7, 11) is 0. The van der Waals surface area contributed by atoms with Crippen LogP contribution < -0.4 is 5.32 Å². The topological polar surface area (TPSA) is 55.6 Å². The van der Waals surface area contributed by atoms with Gasteiger partial charge in [-0.15, -0.1) is 10.2 Å². The van der Waals surface area contributed by atoms with E-state index in [0.29, 0.717) is 6.04 Å². The molecule has 3 heterocycles. The summed E-state index contributed by atoms with van der Waals surface area (Å²) in [6.45, 7) is 4.11. The van der Waals surface area contributed by atoms with Crippen LogP contribution in [0.3, 0.4) is 0 Å². The highest BCUT2D eigenvalue weighted by Gasteiger charge is 2.24. The van der Waals surface area contributed by atoms with Crippen LogP contribution in [0, 0.1) is 0 Å². The zero-order valence-electron chi connectivity index (χ0n) is 10.5. The molecule has 0 fully saturated rings. The van der Waals surface area contributed by atoms with Gasteiger partial charge in [0, 0.05) is 31.0 Å². The van der Waals surface area contributed by atoms with Gasteiger partial charge >= 0.3 is 0 Å². The predicted molar refractivity (Wildman–Crippen MR) is 68.9 cm³/mol. The third-order valence-corrected chi connectivity index (χ3v) is 3.33. The third kappa shape index (κ3) is 1.90. The Balaban J connectivity index is 2.00. The van der Waals surface area contributed by atoms with E-state index in [4.69, 9.17) is 0 Å². The van der Waals surface area contributed by atoms with Crippen molar-refractivity contribution >= 4 is 0 Å². The van der Waals surface area contributed by atoms with E-state index in [1.54, 1.807) is 12.4 Å². The standard InChI is InChI=1S/C13H17N5/c1-2-3-11-13-17-16-12(18(13)9-8-15-11)10-4-6-14-7-5-10/h4-7,11,15H,2-3,8-9H2,1H3. The molecule has 0 saturated heterocycles. The van der Waals surface area contributed by atoms with Crippen LogP contribution in [0.1, 0.15) is 31.6 Å². The summed E-state index contributed by atoms with van der Waals surface area (Å²) in [5, 5.41) is 12.2. The van der Waals surface area contributed by atoms with Crippen molar-refractivity contribution in [2.24, 2.45) is 0 Å². The Kier molecular flexibility index (Phi) is 3.06. The van der Waals surface area contributed by atoms with Crippen LogP contribution in [0.5, 0.6) is 0 Å². The van der Waals surface area contributed by atoms with Gasteiger partial charge in [0.1, 0.15) is 0 Å². The van der Waals surface area contributed by atoms with Crippen LogP contribution in [0.25, 0.3) is 11.4 Å². The second kappa shape index (κ2) is 4.86. The lowest BCUT2D eigenvalue weighted by Crippen LogP contribution is -2.33. The summed E-state index contributed by atoms with van der Waals surface area (Å²) in [5.74, 6) is 2.02. The van der Waals surface area contributed by atoms with Crippen LogP contribution in [0.2, 0.25) is 0 Å². The van der Waals surface area contributed by atoms with Crippen LogP contribution >= 0.6 is 0 Å². The average molecular weight is 243 g/mol. The van der Waals surface area contributed by atoms with E-state index in [2.05, 4.69) is 32.0 Å². The van der Waals surface area contributed by atoms with E-state index < -0.39 is 0 Å². The first-order valence-corrected chi connectivity index (χ1v) is 6.47. The number of nitrogens with one attached hydrogen (secondary N) is 1. The maximum absolute atomic E-state index is 4.36. The molecule has 2 aromatic heterocycles. The highest BCUT2D eigenvalue weighted by atomic mass is 15.3. The first-order chi connectivity index (χ1) is 8.90. The number of nitrogens with zero attached hydrogens (tertiary/aromatic N) is 4. The molecule has 1 aliphatic heterocycles. The van der Waals surface area contributed by atoms with Gasteiger partial charge in [0.05, 0.1) is 6.04 Å². The lowest BCUT2D eigenvalue weighted by molar-refractivity contribution is 0.394. The smallest absolute Gasteiger partial charge is 0.164 e. The van der Waals surface area contributed by atoms with Gasteiger partial charge in [0.15, 0.2) is 11.6 Å². The molecular formula is C13H17N5. The monoisotopic (exact) mass is 243 g/mol. The highest BCUT2D eigenvalue weighted by Crippen LogP contribution is 2.25. The van der Waals surface area contributed by atoms with E-state index in [-0.39, 0.29) is 0 Å². The summed E-state index contributed by atoms with van der Waals surface area (Å²) in [6, 6.07) is 4.30. The van der Waals surface area contributed by atoms with Gasteiger partial charge in [-0.3, -0.25) is 4.98 Å². The zero-order valence-corrected chi connectivity index (χ0v) is 10.5. The van der Waals surface area contributed by atoms with Crippen molar-refractivity contribution in [2.75, 3.05) is 6.54 Å². The Labute approximate surface area is 106 Å². The fraction of sp³-hybridized carbons (Fsp3) is 0.462. The van der Waals surface area contributed by atoms with Gasteiger partial charge in [0.25, 0.3) is 0 Å². The normalized spacial score (nSPS) is 18.6. The molecule has 0 bridgehead atoms. The number of hydrogen-bond acceptors (Lipinski definition) is 4. The molecular weight excluding hydrogens is 226 g/mol. The maximum Gasteiger partial charge on any atom is 0.164 e. The number of rotatable bonds is 3. The summed E-state index contributed by atoms with van der Waals surface area (Å²) >= 11 is 0. The minimum Gasteiger partial charge on any atom is -0.308 e.